The van der Waals surface area contributed by atoms with E-state index in [1.807, 2.05) is 19.9 Å². The van der Waals surface area contributed by atoms with Crippen LogP contribution in [0.3, 0.4) is 0 Å². The first kappa shape index (κ1) is 14.6. The summed E-state index contributed by atoms with van der Waals surface area (Å²) in [5.41, 5.74) is 3.12. The molecule has 1 aromatic rings. The second-order valence-corrected chi connectivity index (χ2v) is 4.27. The fraction of sp³-hybridized carbons (Fsp3) is 0.571. The van der Waals surface area contributed by atoms with Crippen LogP contribution in [0.25, 0.3) is 0 Å². The van der Waals surface area contributed by atoms with Crippen LogP contribution in [0.4, 0.5) is 5.69 Å². The highest BCUT2D eigenvalue weighted by molar-refractivity contribution is 5.66. The fourth-order valence-electron chi connectivity index (χ4n) is 1.93. The van der Waals surface area contributed by atoms with Gasteiger partial charge in [-0.15, -0.1) is 0 Å². The Bertz CT molecular complexity index is 391. The van der Waals surface area contributed by atoms with E-state index < -0.39 is 0 Å². The number of rotatable bonds is 7. The van der Waals surface area contributed by atoms with Crippen molar-refractivity contribution in [1.29, 1.82) is 0 Å². The predicted molar refractivity (Wildman–Crippen MR) is 73.8 cm³/mol. The normalized spacial score (nSPS) is 10.3. The average Bonchev–Trinajstić information content (AvgIpc) is 2.38. The molecule has 4 heteroatoms. The lowest BCUT2D eigenvalue weighted by Crippen LogP contribution is -2.06. The van der Waals surface area contributed by atoms with E-state index in [1.165, 1.54) is 0 Å². The van der Waals surface area contributed by atoms with Gasteiger partial charge in [0.2, 0.25) is 0 Å². The van der Waals surface area contributed by atoms with Crippen LogP contribution in [0.2, 0.25) is 0 Å². The molecule has 0 radical (unpaired) electrons. The molecular formula is C14H23NO3. The number of aliphatic hydroxyl groups excluding tert-OH is 1. The summed E-state index contributed by atoms with van der Waals surface area (Å²) in [6, 6.07) is 1.96. The lowest BCUT2D eigenvalue weighted by Gasteiger charge is -2.17. The molecule has 0 atom stereocenters. The smallest absolute Gasteiger partial charge is 0.145 e. The number of anilines is 1. The van der Waals surface area contributed by atoms with Gasteiger partial charge in [-0.05, 0) is 37.8 Å². The number of hydrogen-bond donors (Lipinski definition) is 2. The first-order valence-corrected chi connectivity index (χ1v) is 6.22. The molecule has 0 aromatic heterocycles. The molecule has 0 saturated heterocycles. The standard InChI is InChI=1S/C14H23NO3/c1-10-11(2)14(18-4)12(9-13(10)17-3)15-7-5-6-8-16/h9,15-16H,5-8H2,1-4H3. The Kier molecular flexibility index (Phi) is 5.78. The van der Waals surface area contributed by atoms with E-state index in [4.69, 9.17) is 14.6 Å². The minimum Gasteiger partial charge on any atom is -0.496 e. The van der Waals surface area contributed by atoms with Crippen LogP contribution < -0.4 is 14.8 Å². The highest BCUT2D eigenvalue weighted by atomic mass is 16.5. The van der Waals surface area contributed by atoms with Crippen LogP contribution in [0.5, 0.6) is 11.5 Å². The monoisotopic (exact) mass is 253 g/mol. The van der Waals surface area contributed by atoms with E-state index in [9.17, 15) is 0 Å². The molecule has 0 amide bonds. The van der Waals surface area contributed by atoms with Gasteiger partial charge in [0, 0.05) is 19.2 Å². The van der Waals surface area contributed by atoms with Gasteiger partial charge in [0.05, 0.1) is 19.9 Å². The van der Waals surface area contributed by atoms with Gasteiger partial charge in [-0.1, -0.05) is 0 Å². The summed E-state index contributed by atoms with van der Waals surface area (Å²) < 4.78 is 10.8. The molecule has 0 aliphatic carbocycles. The Morgan fingerprint density at radius 1 is 1.11 bits per heavy atom. The minimum absolute atomic E-state index is 0.231. The Labute approximate surface area is 109 Å². The molecular weight excluding hydrogens is 230 g/mol. The lowest BCUT2D eigenvalue weighted by atomic mass is 10.1. The molecule has 0 aliphatic heterocycles. The van der Waals surface area contributed by atoms with E-state index in [0.717, 1.165) is 47.7 Å². The number of nitrogens with one attached hydrogen (secondary N) is 1. The summed E-state index contributed by atoms with van der Waals surface area (Å²) in [7, 11) is 3.34. The summed E-state index contributed by atoms with van der Waals surface area (Å²) >= 11 is 0. The van der Waals surface area contributed by atoms with Crippen LogP contribution in [0.15, 0.2) is 6.07 Å². The molecule has 0 saturated carbocycles. The van der Waals surface area contributed by atoms with E-state index in [2.05, 4.69) is 5.32 Å². The van der Waals surface area contributed by atoms with Crippen molar-refractivity contribution in [2.24, 2.45) is 0 Å². The molecule has 18 heavy (non-hydrogen) atoms. The van der Waals surface area contributed by atoms with Gasteiger partial charge in [-0.25, -0.2) is 0 Å². The minimum atomic E-state index is 0.231. The van der Waals surface area contributed by atoms with Crippen molar-refractivity contribution in [3.05, 3.63) is 17.2 Å². The van der Waals surface area contributed by atoms with E-state index in [1.54, 1.807) is 14.2 Å². The zero-order chi connectivity index (χ0) is 13.5. The number of aliphatic hydroxyl groups is 1. The zero-order valence-electron chi connectivity index (χ0n) is 11.7. The molecule has 0 aliphatic rings. The van der Waals surface area contributed by atoms with Gasteiger partial charge in [0.1, 0.15) is 11.5 Å². The second-order valence-electron chi connectivity index (χ2n) is 4.27. The molecule has 1 rings (SSSR count). The van der Waals surface area contributed by atoms with Crippen LogP contribution in [0, 0.1) is 13.8 Å². The molecule has 0 unspecified atom stereocenters. The summed E-state index contributed by atoms with van der Waals surface area (Å²) in [4.78, 5) is 0. The third kappa shape index (κ3) is 3.29. The molecule has 0 fully saturated rings. The molecule has 2 N–H and O–H groups in total. The van der Waals surface area contributed by atoms with Crippen molar-refractivity contribution >= 4 is 5.69 Å². The molecule has 0 heterocycles. The largest absolute Gasteiger partial charge is 0.496 e. The third-order valence-corrected chi connectivity index (χ3v) is 3.12. The van der Waals surface area contributed by atoms with Gasteiger partial charge in [0.25, 0.3) is 0 Å². The number of benzene rings is 1. The van der Waals surface area contributed by atoms with Gasteiger partial charge in [-0.3, -0.25) is 0 Å². The van der Waals surface area contributed by atoms with E-state index in [0.29, 0.717) is 0 Å². The van der Waals surface area contributed by atoms with Gasteiger partial charge >= 0.3 is 0 Å². The van der Waals surface area contributed by atoms with Crippen molar-refractivity contribution in [3.8, 4) is 11.5 Å². The first-order valence-electron chi connectivity index (χ1n) is 6.22. The molecule has 102 valence electrons. The van der Waals surface area contributed by atoms with Crippen molar-refractivity contribution in [2.75, 3.05) is 32.7 Å². The third-order valence-electron chi connectivity index (χ3n) is 3.12. The maximum atomic E-state index is 8.75. The van der Waals surface area contributed by atoms with Crippen LogP contribution in [-0.4, -0.2) is 32.5 Å². The molecule has 0 bridgehead atoms. The Morgan fingerprint density at radius 3 is 2.39 bits per heavy atom. The summed E-state index contributed by atoms with van der Waals surface area (Å²) in [6.07, 6.45) is 1.73. The maximum absolute atomic E-state index is 8.75. The van der Waals surface area contributed by atoms with Crippen molar-refractivity contribution in [2.45, 2.75) is 26.7 Å². The summed E-state index contributed by atoms with van der Waals surface area (Å²) in [6.45, 7) is 5.08. The number of unbranched alkanes of at least 4 members (excludes halogenated alkanes) is 1. The average molecular weight is 253 g/mol. The SMILES string of the molecule is COc1cc(NCCCCO)c(OC)c(C)c1C. The zero-order valence-corrected chi connectivity index (χ0v) is 11.7. The number of methoxy groups -OCH3 is 2. The summed E-state index contributed by atoms with van der Waals surface area (Å²) in [5.74, 6) is 1.72. The van der Waals surface area contributed by atoms with Crippen LogP contribution in [0.1, 0.15) is 24.0 Å². The Morgan fingerprint density at radius 2 is 1.83 bits per heavy atom. The van der Waals surface area contributed by atoms with Crippen molar-refractivity contribution in [3.63, 3.8) is 0 Å². The van der Waals surface area contributed by atoms with Gasteiger partial charge < -0.3 is 19.9 Å². The molecule has 0 spiro atoms. The Balaban J connectivity index is 2.91. The summed E-state index contributed by atoms with van der Waals surface area (Å²) in [5, 5.41) is 12.1. The predicted octanol–water partition coefficient (Wildman–Crippen LogP) is 2.51. The van der Waals surface area contributed by atoms with Crippen molar-refractivity contribution < 1.29 is 14.6 Å². The Hall–Kier alpha value is -1.42. The van der Waals surface area contributed by atoms with Crippen LogP contribution >= 0.6 is 0 Å². The fourth-order valence-corrected chi connectivity index (χ4v) is 1.93. The maximum Gasteiger partial charge on any atom is 0.145 e. The van der Waals surface area contributed by atoms with E-state index >= 15 is 0 Å². The number of hydrogen-bond acceptors (Lipinski definition) is 4. The highest BCUT2D eigenvalue weighted by Gasteiger charge is 2.13. The van der Waals surface area contributed by atoms with E-state index in [-0.39, 0.29) is 6.61 Å². The second kappa shape index (κ2) is 7.11. The first-order chi connectivity index (χ1) is 8.65. The molecule has 4 nitrogen and oxygen atoms in total. The number of ether oxygens (including phenoxy) is 2. The molecule has 1 aromatic carbocycles. The quantitative estimate of drug-likeness (QED) is 0.733. The van der Waals surface area contributed by atoms with Crippen molar-refractivity contribution in [1.82, 2.24) is 0 Å². The lowest BCUT2D eigenvalue weighted by molar-refractivity contribution is 0.286. The van der Waals surface area contributed by atoms with Gasteiger partial charge in [-0.2, -0.15) is 0 Å². The topological polar surface area (TPSA) is 50.7 Å². The van der Waals surface area contributed by atoms with Gasteiger partial charge in [0.15, 0.2) is 0 Å². The highest BCUT2D eigenvalue weighted by Crippen LogP contribution is 2.36. The van der Waals surface area contributed by atoms with Crippen LogP contribution in [-0.2, 0) is 0 Å².